The number of hydrogen-bond donors (Lipinski definition) is 4. The van der Waals surface area contributed by atoms with E-state index in [9.17, 15) is 25.2 Å². The molecule has 20 heavy (non-hydrogen) atoms. The lowest BCUT2D eigenvalue weighted by Crippen LogP contribution is -2.05. The molecule has 0 bridgehead atoms. The third-order valence-electron chi connectivity index (χ3n) is 2.59. The van der Waals surface area contributed by atoms with Gasteiger partial charge in [-0.25, -0.2) is 4.79 Å². The van der Waals surface area contributed by atoms with E-state index in [1.54, 1.807) is 12.1 Å². The van der Waals surface area contributed by atoms with Gasteiger partial charge in [0.1, 0.15) is 12.4 Å². The molecular formula is C14H12O6. The van der Waals surface area contributed by atoms with E-state index in [0.29, 0.717) is 5.56 Å². The van der Waals surface area contributed by atoms with Crippen LogP contribution in [0.4, 0.5) is 0 Å². The van der Waals surface area contributed by atoms with Crippen LogP contribution < -0.4 is 0 Å². The van der Waals surface area contributed by atoms with E-state index in [1.165, 1.54) is 12.1 Å². The maximum atomic E-state index is 11.7. The Hall–Kier alpha value is -2.89. The number of phenols is 4. The Morgan fingerprint density at radius 2 is 1.65 bits per heavy atom. The van der Waals surface area contributed by atoms with Crippen LogP contribution >= 0.6 is 0 Å². The standard InChI is InChI=1S/C14H12O6/c15-10-3-1-2-8(4-10)7-20-14(19)9-5-11(16)13(18)12(17)6-9/h1-6,15-18H,7H2. The topological polar surface area (TPSA) is 107 Å². The van der Waals surface area contributed by atoms with Crippen LogP contribution in [0, 0.1) is 0 Å². The van der Waals surface area contributed by atoms with Gasteiger partial charge in [0.25, 0.3) is 0 Å². The van der Waals surface area contributed by atoms with Gasteiger partial charge < -0.3 is 25.2 Å². The summed E-state index contributed by atoms with van der Waals surface area (Å²) in [6.45, 7) is -0.0738. The van der Waals surface area contributed by atoms with Gasteiger partial charge in [0, 0.05) is 0 Å². The lowest BCUT2D eigenvalue weighted by molar-refractivity contribution is 0.0471. The average Bonchev–Trinajstić information content (AvgIpc) is 2.41. The summed E-state index contributed by atoms with van der Waals surface area (Å²) in [5.74, 6) is -2.66. The van der Waals surface area contributed by atoms with Crippen LogP contribution in [0.5, 0.6) is 23.0 Å². The van der Waals surface area contributed by atoms with Crippen LogP contribution in [0.15, 0.2) is 36.4 Å². The number of phenolic OH excluding ortho intramolecular Hbond substituents is 4. The van der Waals surface area contributed by atoms with Crippen molar-refractivity contribution < 1.29 is 30.0 Å². The van der Waals surface area contributed by atoms with Crippen molar-refractivity contribution in [2.24, 2.45) is 0 Å². The number of aromatic hydroxyl groups is 4. The zero-order chi connectivity index (χ0) is 14.7. The molecule has 0 spiro atoms. The predicted molar refractivity (Wildman–Crippen MR) is 68.7 cm³/mol. The van der Waals surface area contributed by atoms with E-state index in [0.717, 1.165) is 12.1 Å². The van der Waals surface area contributed by atoms with Crippen LogP contribution in [-0.2, 0) is 11.3 Å². The molecule has 0 aromatic heterocycles. The Balaban J connectivity index is 2.09. The van der Waals surface area contributed by atoms with Gasteiger partial charge in [-0.3, -0.25) is 0 Å². The molecule has 0 fully saturated rings. The first-order valence-electron chi connectivity index (χ1n) is 5.67. The summed E-state index contributed by atoms with van der Waals surface area (Å²) < 4.78 is 4.97. The quantitative estimate of drug-likeness (QED) is 0.503. The summed E-state index contributed by atoms with van der Waals surface area (Å²) in [6, 6.07) is 8.18. The van der Waals surface area contributed by atoms with Crippen molar-refractivity contribution >= 4 is 5.97 Å². The van der Waals surface area contributed by atoms with E-state index in [2.05, 4.69) is 0 Å². The lowest BCUT2D eigenvalue weighted by atomic mass is 10.2. The number of rotatable bonds is 3. The minimum atomic E-state index is -0.779. The van der Waals surface area contributed by atoms with Crippen LogP contribution in [-0.4, -0.2) is 26.4 Å². The summed E-state index contributed by atoms with van der Waals surface area (Å²) in [5.41, 5.74) is 0.489. The van der Waals surface area contributed by atoms with Crippen LogP contribution in [0.2, 0.25) is 0 Å². The van der Waals surface area contributed by atoms with Gasteiger partial charge in [0.05, 0.1) is 5.56 Å². The number of carbonyl (C=O) groups excluding carboxylic acids is 1. The Morgan fingerprint density at radius 3 is 2.25 bits per heavy atom. The van der Waals surface area contributed by atoms with Crippen molar-refractivity contribution in [1.29, 1.82) is 0 Å². The maximum absolute atomic E-state index is 11.7. The number of carbonyl (C=O) groups is 1. The molecule has 0 saturated heterocycles. The van der Waals surface area contributed by atoms with E-state index in [4.69, 9.17) is 4.74 Å². The first kappa shape index (κ1) is 13.5. The predicted octanol–water partition coefficient (Wildman–Crippen LogP) is 1.87. The van der Waals surface area contributed by atoms with Gasteiger partial charge in [0.15, 0.2) is 17.2 Å². The molecule has 0 atom stereocenters. The molecule has 0 heterocycles. The van der Waals surface area contributed by atoms with Crippen molar-refractivity contribution in [3.8, 4) is 23.0 Å². The highest BCUT2D eigenvalue weighted by Gasteiger charge is 2.14. The summed E-state index contributed by atoms with van der Waals surface area (Å²) in [7, 11) is 0. The van der Waals surface area contributed by atoms with Gasteiger partial charge in [0.2, 0.25) is 0 Å². The number of esters is 1. The molecule has 104 valence electrons. The van der Waals surface area contributed by atoms with E-state index in [-0.39, 0.29) is 17.9 Å². The number of ether oxygens (including phenoxy) is 1. The zero-order valence-corrected chi connectivity index (χ0v) is 10.3. The Labute approximate surface area is 114 Å². The second-order valence-electron chi connectivity index (χ2n) is 4.11. The van der Waals surface area contributed by atoms with Crippen molar-refractivity contribution in [2.75, 3.05) is 0 Å². The molecule has 0 unspecified atom stereocenters. The van der Waals surface area contributed by atoms with Crippen molar-refractivity contribution in [1.82, 2.24) is 0 Å². The van der Waals surface area contributed by atoms with Crippen molar-refractivity contribution in [2.45, 2.75) is 6.61 Å². The molecule has 0 aliphatic heterocycles. The minimum Gasteiger partial charge on any atom is -0.508 e. The molecule has 0 saturated carbocycles. The molecule has 0 aliphatic rings. The Bertz CT molecular complexity index is 627. The lowest BCUT2D eigenvalue weighted by Gasteiger charge is -2.07. The number of hydrogen-bond acceptors (Lipinski definition) is 6. The second-order valence-corrected chi connectivity index (χ2v) is 4.11. The molecular weight excluding hydrogens is 264 g/mol. The monoisotopic (exact) mass is 276 g/mol. The highest BCUT2D eigenvalue weighted by atomic mass is 16.5. The first-order chi connectivity index (χ1) is 9.47. The second kappa shape index (κ2) is 5.40. The van der Waals surface area contributed by atoms with Crippen LogP contribution in [0.3, 0.4) is 0 Å². The molecule has 0 radical (unpaired) electrons. The molecule has 2 rings (SSSR count). The van der Waals surface area contributed by atoms with E-state index in [1.807, 2.05) is 0 Å². The molecule has 2 aromatic carbocycles. The minimum absolute atomic E-state index is 0.0541. The van der Waals surface area contributed by atoms with Gasteiger partial charge in [-0.05, 0) is 29.8 Å². The SMILES string of the molecule is O=C(OCc1cccc(O)c1)c1cc(O)c(O)c(O)c1. The fourth-order valence-corrected chi connectivity index (χ4v) is 1.60. The molecule has 2 aromatic rings. The average molecular weight is 276 g/mol. The van der Waals surface area contributed by atoms with E-state index < -0.39 is 23.2 Å². The van der Waals surface area contributed by atoms with Gasteiger partial charge >= 0.3 is 5.97 Å². The van der Waals surface area contributed by atoms with E-state index >= 15 is 0 Å². The zero-order valence-electron chi connectivity index (χ0n) is 10.3. The van der Waals surface area contributed by atoms with Crippen LogP contribution in [0.25, 0.3) is 0 Å². The highest BCUT2D eigenvalue weighted by molar-refractivity contribution is 5.91. The third-order valence-corrected chi connectivity index (χ3v) is 2.59. The maximum Gasteiger partial charge on any atom is 0.338 e. The first-order valence-corrected chi connectivity index (χ1v) is 5.67. The Morgan fingerprint density at radius 1 is 1.00 bits per heavy atom. The Kier molecular flexibility index (Phi) is 3.65. The van der Waals surface area contributed by atoms with Gasteiger partial charge in [-0.15, -0.1) is 0 Å². The third kappa shape index (κ3) is 2.92. The largest absolute Gasteiger partial charge is 0.508 e. The summed E-state index contributed by atoms with van der Waals surface area (Å²) >= 11 is 0. The fourth-order valence-electron chi connectivity index (χ4n) is 1.60. The van der Waals surface area contributed by atoms with Crippen LogP contribution in [0.1, 0.15) is 15.9 Å². The molecule has 4 N–H and O–H groups in total. The summed E-state index contributed by atoms with van der Waals surface area (Å²) in [5, 5.41) is 37.0. The van der Waals surface area contributed by atoms with Gasteiger partial charge in [-0.1, -0.05) is 12.1 Å². The smallest absolute Gasteiger partial charge is 0.338 e. The molecule has 6 heteroatoms. The van der Waals surface area contributed by atoms with Crippen molar-refractivity contribution in [3.05, 3.63) is 47.5 Å². The number of benzene rings is 2. The summed E-state index contributed by atoms with van der Waals surface area (Å²) in [6.07, 6.45) is 0. The molecule has 0 aliphatic carbocycles. The van der Waals surface area contributed by atoms with Gasteiger partial charge in [-0.2, -0.15) is 0 Å². The summed E-state index contributed by atoms with van der Waals surface area (Å²) in [4.78, 5) is 11.7. The molecule has 6 nitrogen and oxygen atoms in total. The van der Waals surface area contributed by atoms with Crippen molar-refractivity contribution in [3.63, 3.8) is 0 Å². The molecule has 0 amide bonds. The normalized spacial score (nSPS) is 10.2. The fraction of sp³-hybridized carbons (Fsp3) is 0.0714. The highest BCUT2D eigenvalue weighted by Crippen LogP contribution is 2.35.